The Hall–Kier alpha value is -0.240. The molecule has 0 fully saturated rings. The number of hydrogen-bond acceptors (Lipinski definition) is 1. The molecule has 0 aliphatic rings. The molecule has 1 aromatic carbocycles. The van der Waals surface area contributed by atoms with E-state index in [1.165, 1.54) is 0 Å². The summed E-state index contributed by atoms with van der Waals surface area (Å²) in [6.45, 7) is 2.11. The second kappa shape index (κ2) is 4.85. The summed E-state index contributed by atoms with van der Waals surface area (Å²) in [6.07, 6.45) is 2.04. The summed E-state index contributed by atoms with van der Waals surface area (Å²) >= 11 is 11.7. The average molecular weight is 218 g/mol. The van der Waals surface area contributed by atoms with Crippen LogP contribution in [0.15, 0.2) is 18.2 Å². The molecular formula is C10H13Cl2N. The number of benzene rings is 1. The van der Waals surface area contributed by atoms with Gasteiger partial charge < -0.3 is 5.73 Å². The molecule has 1 aromatic rings. The van der Waals surface area contributed by atoms with Crippen LogP contribution in [0.1, 0.15) is 31.4 Å². The topological polar surface area (TPSA) is 26.0 Å². The largest absolute Gasteiger partial charge is 0.324 e. The summed E-state index contributed by atoms with van der Waals surface area (Å²) in [7, 11) is 0. The molecule has 1 rings (SSSR count). The Morgan fingerprint density at radius 2 is 2.00 bits per heavy atom. The highest BCUT2D eigenvalue weighted by Gasteiger charge is 2.06. The van der Waals surface area contributed by atoms with Gasteiger partial charge in [0.25, 0.3) is 0 Å². The fraction of sp³-hybridized carbons (Fsp3) is 0.400. The molecule has 0 spiro atoms. The monoisotopic (exact) mass is 217 g/mol. The molecule has 2 N–H and O–H groups in total. The zero-order chi connectivity index (χ0) is 9.84. The van der Waals surface area contributed by atoms with Gasteiger partial charge in [-0.1, -0.05) is 42.6 Å². The average Bonchev–Trinajstić information content (AvgIpc) is 2.10. The number of hydrogen-bond donors (Lipinski definition) is 1. The minimum Gasteiger partial charge on any atom is -0.324 e. The van der Waals surface area contributed by atoms with Gasteiger partial charge in [-0.25, -0.2) is 0 Å². The van der Waals surface area contributed by atoms with E-state index in [0.29, 0.717) is 10.0 Å². The predicted octanol–water partition coefficient (Wildman–Crippen LogP) is 3.79. The minimum absolute atomic E-state index is 0.0692. The van der Waals surface area contributed by atoms with Gasteiger partial charge in [-0.3, -0.25) is 0 Å². The van der Waals surface area contributed by atoms with E-state index in [2.05, 4.69) is 6.92 Å². The Morgan fingerprint density at radius 1 is 1.31 bits per heavy atom. The molecule has 0 saturated carbocycles. The first-order valence-corrected chi connectivity index (χ1v) is 5.11. The van der Waals surface area contributed by atoms with Crippen LogP contribution in [-0.4, -0.2) is 0 Å². The molecule has 0 aliphatic heterocycles. The Labute approximate surface area is 88.8 Å². The normalized spacial score (nSPS) is 12.9. The van der Waals surface area contributed by atoms with Crippen molar-refractivity contribution in [3.05, 3.63) is 33.8 Å². The molecule has 0 bridgehead atoms. The molecule has 3 heteroatoms. The first kappa shape index (κ1) is 10.8. The van der Waals surface area contributed by atoms with Crippen LogP contribution in [0.5, 0.6) is 0 Å². The Bertz CT molecular complexity index is 286. The molecule has 13 heavy (non-hydrogen) atoms. The van der Waals surface area contributed by atoms with Gasteiger partial charge in [0.1, 0.15) is 0 Å². The second-order valence-electron chi connectivity index (χ2n) is 3.07. The van der Waals surface area contributed by atoms with E-state index < -0.39 is 0 Å². The van der Waals surface area contributed by atoms with Crippen LogP contribution >= 0.6 is 23.2 Å². The van der Waals surface area contributed by atoms with Crippen molar-refractivity contribution in [3.63, 3.8) is 0 Å². The third-order valence-corrected chi connectivity index (χ3v) is 2.71. The SMILES string of the molecule is CCC[C@@H](N)c1ccc(Cl)c(Cl)c1. The zero-order valence-corrected chi connectivity index (χ0v) is 9.07. The summed E-state index contributed by atoms with van der Waals surface area (Å²) in [6, 6.07) is 5.62. The Balaban J connectivity index is 2.84. The van der Waals surface area contributed by atoms with Crippen LogP contribution in [-0.2, 0) is 0 Å². The second-order valence-corrected chi connectivity index (χ2v) is 3.88. The summed E-state index contributed by atoms with van der Waals surface area (Å²) in [5, 5.41) is 1.15. The smallest absolute Gasteiger partial charge is 0.0595 e. The van der Waals surface area contributed by atoms with Crippen molar-refractivity contribution < 1.29 is 0 Å². The fourth-order valence-corrected chi connectivity index (χ4v) is 1.53. The van der Waals surface area contributed by atoms with Crippen LogP contribution in [0.25, 0.3) is 0 Å². The lowest BCUT2D eigenvalue weighted by Gasteiger charge is -2.11. The van der Waals surface area contributed by atoms with E-state index in [-0.39, 0.29) is 6.04 Å². The highest BCUT2D eigenvalue weighted by atomic mass is 35.5. The van der Waals surface area contributed by atoms with E-state index >= 15 is 0 Å². The lowest BCUT2D eigenvalue weighted by atomic mass is 10.0. The van der Waals surface area contributed by atoms with E-state index in [1.54, 1.807) is 6.07 Å². The van der Waals surface area contributed by atoms with Gasteiger partial charge in [-0.15, -0.1) is 0 Å². The Kier molecular flexibility index (Phi) is 4.04. The van der Waals surface area contributed by atoms with Crippen LogP contribution in [0, 0.1) is 0 Å². The molecule has 1 nitrogen and oxygen atoms in total. The number of rotatable bonds is 3. The lowest BCUT2D eigenvalue weighted by Crippen LogP contribution is -2.09. The predicted molar refractivity (Wildman–Crippen MR) is 58.3 cm³/mol. The molecule has 1 atom stereocenters. The lowest BCUT2D eigenvalue weighted by molar-refractivity contribution is 0.638. The van der Waals surface area contributed by atoms with Gasteiger partial charge in [0.15, 0.2) is 0 Å². The van der Waals surface area contributed by atoms with Crippen molar-refractivity contribution in [2.75, 3.05) is 0 Å². The number of halogens is 2. The van der Waals surface area contributed by atoms with Crippen molar-refractivity contribution in [1.82, 2.24) is 0 Å². The third kappa shape index (κ3) is 2.87. The molecule has 72 valence electrons. The molecular weight excluding hydrogens is 205 g/mol. The molecule has 0 heterocycles. The van der Waals surface area contributed by atoms with Gasteiger partial charge >= 0.3 is 0 Å². The molecule has 0 aliphatic carbocycles. The summed E-state index contributed by atoms with van der Waals surface area (Å²) in [4.78, 5) is 0. The molecule has 0 saturated heterocycles. The molecule has 0 unspecified atom stereocenters. The third-order valence-electron chi connectivity index (χ3n) is 1.97. The van der Waals surface area contributed by atoms with E-state index in [9.17, 15) is 0 Å². The fourth-order valence-electron chi connectivity index (χ4n) is 1.22. The van der Waals surface area contributed by atoms with Gasteiger partial charge in [-0.05, 0) is 24.1 Å². The summed E-state index contributed by atoms with van der Waals surface area (Å²) < 4.78 is 0. The van der Waals surface area contributed by atoms with Crippen LogP contribution < -0.4 is 5.73 Å². The van der Waals surface area contributed by atoms with Crippen LogP contribution in [0.3, 0.4) is 0 Å². The maximum absolute atomic E-state index is 5.92. The standard InChI is InChI=1S/C10H13Cl2N/c1-2-3-10(13)7-4-5-8(11)9(12)6-7/h4-6,10H,2-3,13H2,1H3/t10-/m1/s1. The van der Waals surface area contributed by atoms with Crippen molar-refractivity contribution in [1.29, 1.82) is 0 Å². The van der Waals surface area contributed by atoms with Crippen molar-refractivity contribution in [3.8, 4) is 0 Å². The van der Waals surface area contributed by atoms with Crippen molar-refractivity contribution in [2.24, 2.45) is 5.73 Å². The molecule has 0 aromatic heterocycles. The Morgan fingerprint density at radius 3 is 2.54 bits per heavy atom. The van der Waals surface area contributed by atoms with E-state index in [4.69, 9.17) is 28.9 Å². The number of nitrogens with two attached hydrogens (primary N) is 1. The molecule has 0 radical (unpaired) electrons. The van der Waals surface area contributed by atoms with Crippen molar-refractivity contribution in [2.45, 2.75) is 25.8 Å². The maximum atomic E-state index is 5.92. The van der Waals surface area contributed by atoms with Gasteiger partial charge in [-0.2, -0.15) is 0 Å². The highest BCUT2D eigenvalue weighted by molar-refractivity contribution is 6.42. The quantitative estimate of drug-likeness (QED) is 0.820. The van der Waals surface area contributed by atoms with Gasteiger partial charge in [0, 0.05) is 6.04 Å². The van der Waals surface area contributed by atoms with E-state index in [0.717, 1.165) is 18.4 Å². The zero-order valence-electron chi connectivity index (χ0n) is 7.56. The molecule has 0 amide bonds. The maximum Gasteiger partial charge on any atom is 0.0595 e. The van der Waals surface area contributed by atoms with Gasteiger partial charge in [0.2, 0.25) is 0 Å². The first-order chi connectivity index (χ1) is 6.15. The minimum atomic E-state index is 0.0692. The van der Waals surface area contributed by atoms with Gasteiger partial charge in [0.05, 0.1) is 10.0 Å². The van der Waals surface area contributed by atoms with E-state index in [1.807, 2.05) is 12.1 Å². The summed E-state index contributed by atoms with van der Waals surface area (Å²) in [5.74, 6) is 0. The summed E-state index contributed by atoms with van der Waals surface area (Å²) in [5.41, 5.74) is 6.97. The van der Waals surface area contributed by atoms with Crippen molar-refractivity contribution >= 4 is 23.2 Å². The first-order valence-electron chi connectivity index (χ1n) is 4.35. The highest BCUT2D eigenvalue weighted by Crippen LogP contribution is 2.26. The van der Waals surface area contributed by atoms with Crippen LogP contribution in [0.4, 0.5) is 0 Å². The van der Waals surface area contributed by atoms with Crippen LogP contribution in [0.2, 0.25) is 10.0 Å².